The van der Waals surface area contributed by atoms with E-state index in [-0.39, 0.29) is 140 Å². The Morgan fingerprint density at radius 3 is 0.824 bits per heavy atom. The zero-order valence-electron chi connectivity index (χ0n) is 60.8. The molecule has 0 aliphatic rings. The molecule has 2 aromatic carbocycles. The van der Waals surface area contributed by atoms with Crippen LogP contribution >= 0.6 is 0 Å². The quantitative estimate of drug-likeness (QED) is 0.0284. The van der Waals surface area contributed by atoms with Crippen molar-refractivity contribution in [2.75, 3.05) is 122 Å². The van der Waals surface area contributed by atoms with E-state index >= 15 is 0 Å². The van der Waals surface area contributed by atoms with Gasteiger partial charge in [0.15, 0.2) is 23.1 Å². The van der Waals surface area contributed by atoms with Crippen LogP contribution in [0.2, 0.25) is 0 Å². The Morgan fingerprint density at radius 1 is 0.314 bits per heavy atom. The normalized spacial score (nSPS) is 10.1. The topological polar surface area (TPSA) is 473 Å². The second-order valence-electron chi connectivity index (χ2n) is 22.4. The fourth-order valence-corrected chi connectivity index (χ4v) is 7.74. The summed E-state index contributed by atoms with van der Waals surface area (Å²) in [7, 11) is 13.5. The molecule has 12 N–H and O–H groups in total. The first-order valence-electron chi connectivity index (χ1n) is 33.4. The summed E-state index contributed by atoms with van der Waals surface area (Å²) in [6.07, 6.45) is -0.751. The molecule has 0 saturated carbocycles. The van der Waals surface area contributed by atoms with Gasteiger partial charge in [-0.1, -0.05) is 39.8 Å². The lowest BCUT2D eigenvalue weighted by molar-refractivity contribution is -0.857. The van der Waals surface area contributed by atoms with E-state index < -0.39 is 109 Å². The summed E-state index contributed by atoms with van der Waals surface area (Å²) in [5, 5.41) is 23.6. The van der Waals surface area contributed by atoms with Crippen LogP contribution in [0.1, 0.15) is 149 Å². The fraction of sp³-hybridized carbons (Fsp3) is 0.559. The number of carbonyl (C=O) groups is 18. The Morgan fingerprint density at radius 2 is 0.559 bits per heavy atom. The number of rotatable bonds is 48. The van der Waals surface area contributed by atoms with Crippen LogP contribution < -0.4 is 72.4 Å². The van der Waals surface area contributed by atoms with E-state index in [1.54, 1.807) is 24.3 Å². The minimum atomic E-state index is -0.683. The molecule has 0 fully saturated rings. The van der Waals surface area contributed by atoms with Gasteiger partial charge in [-0.15, -0.1) is 0 Å². The van der Waals surface area contributed by atoms with Crippen molar-refractivity contribution in [3.63, 3.8) is 0 Å². The van der Waals surface area contributed by atoms with Gasteiger partial charge in [-0.25, -0.2) is 0 Å². The number of Topliss-reactive ketones (excluding diaryl/α,β-unsaturated/α-hetero) is 6. The first-order valence-corrected chi connectivity index (χ1v) is 33.4. The molecule has 0 heterocycles. The number of quaternary nitrogens is 2. The largest absolute Gasteiger partial charge is 0.496 e. The number of ether oxygens (including phenoxy) is 4. The van der Waals surface area contributed by atoms with Crippen molar-refractivity contribution in [2.45, 2.75) is 131 Å². The van der Waals surface area contributed by atoms with Crippen LogP contribution in [-0.2, 0) is 99.4 Å². The van der Waals surface area contributed by atoms with E-state index in [4.69, 9.17) is 18.9 Å². The number of carbonyl (C=O) groups excluding carboxylic acids is 18. The van der Waals surface area contributed by atoms with Crippen LogP contribution in [0.15, 0.2) is 36.4 Å². The highest BCUT2D eigenvalue weighted by Gasteiger charge is 2.19. The van der Waals surface area contributed by atoms with E-state index in [1.165, 1.54) is 40.4 Å². The molecule has 0 unspecified atom stereocenters. The average molecular weight is 1440 g/mol. The Bertz CT molecular complexity index is 2930. The second kappa shape index (κ2) is 56.4. The van der Waals surface area contributed by atoms with Crippen molar-refractivity contribution in [2.24, 2.45) is 0 Å². The lowest BCUT2D eigenvalue weighted by atomic mass is 10.1. The van der Waals surface area contributed by atoms with Gasteiger partial charge in [0.05, 0.1) is 134 Å². The van der Waals surface area contributed by atoms with Gasteiger partial charge in [0.2, 0.25) is 47.3 Å². The first kappa shape index (κ1) is 93.7. The highest BCUT2D eigenvalue weighted by atomic mass is 16.5. The number of benzene rings is 2. The van der Waals surface area contributed by atoms with Crippen LogP contribution in [0, 0.1) is 0 Å². The van der Waals surface area contributed by atoms with E-state index in [0.717, 1.165) is 9.80 Å². The highest BCUT2D eigenvalue weighted by molar-refractivity contribution is 5.97. The van der Waals surface area contributed by atoms with Crippen LogP contribution in [0.3, 0.4) is 0 Å². The molecule has 2 rings (SSSR count). The molecule has 0 aromatic heterocycles. The third-order valence-corrected chi connectivity index (χ3v) is 13.6. The molecule has 0 aliphatic heterocycles. The molecule has 10 amide bonds. The maximum atomic E-state index is 12.1. The Balaban J connectivity index is 0. The van der Waals surface area contributed by atoms with Crippen LogP contribution in [0.25, 0.3) is 0 Å². The van der Waals surface area contributed by atoms with Gasteiger partial charge < -0.3 is 81.9 Å². The van der Waals surface area contributed by atoms with Gasteiger partial charge in [-0.3, -0.25) is 86.3 Å². The lowest BCUT2D eigenvalue weighted by Gasteiger charge is -2.11. The van der Waals surface area contributed by atoms with E-state index in [9.17, 15) is 86.3 Å². The Labute approximate surface area is 594 Å². The van der Waals surface area contributed by atoms with E-state index in [2.05, 4.69) is 53.2 Å². The van der Waals surface area contributed by atoms with Crippen LogP contribution in [0.4, 0.5) is 0 Å². The predicted octanol–water partition coefficient (Wildman–Crippen LogP) is -3.66. The third-order valence-electron chi connectivity index (χ3n) is 13.6. The van der Waals surface area contributed by atoms with E-state index in [1.807, 2.05) is 55.9 Å². The van der Waals surface area contributed by atoms with Crippen molar-refractivity contribution in [1.29, 1.82) is 0 Å². The van der Waals surface area contributed by atoms with Crippen molar-refractivity contribution in [3.05, 3.63) is 58.7 Å². The minimum Gasteiger partial charge on any atom is -0.496 e. The monoisotopic (exact) mass is 1440 g/mol. The number of hydrogen-bond donors (Lipinski definition) is 12. The molecule has 102 heavy (non-hydrogen) atoms. The van der Waals surface area contributed by atoms with Crippen molar-refractivity contribution in [3.8, 4) is 11.5 Å². The smallest absolute Gasteiger partial charge is 0.306 e. The lowest BCUT2D eigenvalue weighted by Crippen LogP contribution is -3.05. The summed E-state index contributed by atoms with van der Waals surface area (Å²) >= 11 is 0. The standard InChI is InChI=1S/2C32H46N6O11.2C2H6/c2*1-33-32(47)21-5-6-22(26(15-21)48-4)20-49-31(46)12-9-25(41)17-35-29(44)19-37-30(45)18-36-28(43)11-8-24(40)16-34-27(42)10-7-23(39)13-14-38(2)3;2*1-2/h2*5-6,15H,7-14,16-20H2,1-4H3,(H,33,47)(H,34,42)(H,35,44)(H,36,43)(H,37,45);2*1-2H3/p+2. The summed E-state index contributed by atoms with van der Waals surface area (Å²) in [6, 6.07) is 9.29. The number of methoxy groups -OCH3 is 2. The van der Waals surface area contributed by atoms with Gasteiger partial charge in [-0.05, 0) is 24.3 Å². The molecule has 0 saturated heterocycles. The van der Waals surface area contributed by atoms with Crippen LogP contribution in [0.5, 0.6) is 11.5 Å². The summed E-state index contributed by atoms with van der Waals surface area (Å²) in [5.41, 5.74) is 1.78. The summed E-state index contributed by atoms with van der Waals surface area (Å²) in [4.78, 5) is 217. The zero-order chi connectivity index (χ0) is 77.5. The molecule has 0 radical (unpaired) electrons. The number of hydrogen-bond acceptors (Lipinski definition) is 22. The number of esters is 2. The second-order valence-corrected chi connectivity index (χ2v) is 22.4. The highest BCUT2D eigenvalue weighted by Crippen LogP contribution is 2.23. The van der Waals surface area contributed by atoms with Crippen molar-refractivity contribution >= 4 is 106 Å². The van der Waals surface area contributed by atoms with Gasteiger partial charge in [-0.2, -0.15) is 0 Å². The molecule has 568 valence electrons. The van der Waals surface area contributed by atoms with Gasteiger partial charge in [0.25, 0.3) is 11.8 Å². The number of amides is 10. The van der Waals surface area contributed by atoms with Crippen molar-refractivity contribution in [1.82, 2.24) is 53.2 Å². The maximum Gasteiger partial charge on any atom is 0.306 e. The number of ketones is 6. The summed E-state index contributed by atoms with van der Waals surface area (Å²) in [5.74, 6) is -7.72. The molecule has 34 nitrogen and oxygen atoms in total. The Hall–Kier alpha value is -10.4. The summed E-state index contributed by atoms with van der Waals surface area (Å²) < 4.78 is 20.8. The van der Waals surface area contributed by atoms with Gasteiger partial charge >= 0.3 is 11.9 Å². The molecule has 0 spiro atoms. The van der Waals surface area contributed by atoms with Crippen molar-refractivity contribution < 1.29 is 115 Å². The SMILES string of the molecule is CC.CC.CNC(=O)c1ccc(COC(=O)CCC(=O)CNC(=O)CNC(=O)CNC(=O)CCC(=O)CNC(=O)CCC(=O)CC[NH+](C)C)c(OC)c1.CNC(=O)c1ccc(COC(=O)CCC(=O)CNC(=O)CNC(=O)CNC(=O)CCC(=O)CNC(=O)CCC(=O)CC[NH+](C)C)c(OC)c1. The molecule has 0 bridgehead atoms. The van der Waals surface area contributed by atoms with Gasteiger partial charge in [0, 0.05) is 101 Å². The molecule has 0 atom stereocenters. The minimum absolute atomic E-state index is 0.0211. The zero-order valence-corrected chi connectivity index (χ0v) is 60.8. The fourth-order valence-electron chi connectivity index (χ4n) is 7.74. The number of nitrogens with one attached hydrogen (secondary N) is 12. The third kappa shape index (κ3) is 47.6. The predicted molar refractivity (Wildman–Crippen MR) is 369 cm³/mol. The molecule has 2 aromatic rings. The van der Waals surface area contributed by atoms with E-state index in [0.29, 0.717) is 59.7 Å². The summed E-state index contributed by atoms with van der Waals surface area (Å²) in [6.45, 7) is 5.91. The molecule has 34 heteroatoms. The molecule has 0 aliphatic carbocycles. The first-order chi connectivity index (χ1) is 48.5. The average Bonchev–Trinajstić information content (AvgIpc) is 0.856. The van der Waals surface area contributed by atoms with Crippen LogP contribution in [-0.4, -0.2) is 228 Å². The maximum absolute atomic E-state index is 12.1. The Kier molecular flexibility index (Phi) is 51.8. The molecular formula is C68H106N12O22+2. The van der Waals surface area contributed by atoms with Gasteiger partial charge in [0.1, 0.15) is 36.3 Å². The molecular weight excluding hydrogens is 1340 g/mol.